The lowest BCUT2D eigenvalue weighted by atomic mass is 10.0. The zero-order valence-corrected chi connectivity index (χ0v) is 15.1. The van der Waals surface area contributed by atoms with Crippen molar-refractivity contribution in [3.8, 4) is 0 Å². The van der Waals surface area contributed by atoms with Crippen LogP contribution in [0.2, 0.25) is 0 Å². The average molecular weight is 361 g/mol. The first kappa shape index (κ1) is 17.8. The molecule has 0 saturated heterocycles. The maximum atomic E-state index is 12.8. The Balaban J connectivity index is 1.76. The van der Waals surface area contributed by atoms with Gasteiger partial charge in [-0.3, -0.25) is 9.59 Å². The van der Waals surface area contributed by atoms with Crippen molar-refractivity contribution in [2.24, 2.45) is 0 Å². The Bertz CT molecular complexity index is 884. The van der Waals surface area contributed by atoms with E-state index in [1.54, 1.807) is 58.7 Å². The van der Waals surface area contributed by atoms with Gasteiger partial charge < -0.3 is 4.90 Å². The van der Waals surface area contributed by atoms with Gasteiger partial charge in [-0.1, -0.05) is 54.6 Å². The normalized spacial score (nSPS) is 10.3. The summed E-state index contributed by atoms with van der Waals surface area (Å²) in [6, 6.07) is 19.9. The Hall–Kier alpha value is -2.98. The number of carbonyl (C=O) groups is 2. The van der Waals surface area contributed by atoms with E-state index in [9.17, 15) is 9.59 Å². The molecule has 0 fully saturated rings. The minimum atomic E-state index is -0.0722. The maximum Gasteiger partial charge on any atom is 0.254 e. The first-order chi connectivity index (χ1) is 12.7. The number of carbonyl (C=O) groups excluding carboxylic acids is 2. The molecule has 0 saturated carbocycles. The Kier molecular flexibility index (Phi) is 5.77. The second kappa shape index (κ2) is 8.41. The van der Waals surface area contributed by atoms with Crippen molar-refractivity contribution in [3.05, 3.63) is 106 Å². The summed E-state index contributed by atoms with van der Waals surface area (Å²) >= 11 is 1.62. The summed E-state index contributed by atoms with van der Waals surface area (Å²) in [5.74, 6) is -0.122. The summed E-state index contributed by atoms with van der Waals surface area (Å²) in [6.45, 7) is 4.76. The van der Waals surface area contributed by atoms with Crippen LogP contribution >= 0.6 is 11.3 Å². The summed E-state index contributed by atoms with van der Waals surface area (Å²) in [5, 5.41) is 2.00. The lowest BCUT2D eigenvalue weighted by Crippen LogP contribution is -2.30. The summed E-state index contributed by atoms with van der Waals surface area (Å²) in [4.78, 5) is 28.1. The second-order valence-corrected chi connectivity index (χ2v) is 6.86. The van der Waals surface area contributed by atoms with E-state index >= 15 is 0 Å². The molecule has 0 spiro atoms. The first-order valence-electron chi connectivity index (χ1n) is 8.31. The molecule has 0 aliphatic heterocycles. The van der Waals surface area contributed by atoms with Crippen LogP contribution in [-0.2, 0) is 6.54 Å². The van der Waals surface area contributed by atoms with Gasteiger partial charge in [0.1, 0.15) is 0 Å². The third kappa shape index (κ3) is 4.16. The quantitative estimate of drug-likeness (QED) is 0.447. The van der Waals surface area contributed by atoms with Crippen molar-refractivity contribution < 1.29 is 9.59 Å². The fraction of sp³-hybridized carbons (Fsp3) is 0.0909. The van der Waals surface area contributed by atoms with Gasteiger partial charge in [0.25, 0.3) is 5.91 Å². The van der Waals surface area contributed by atoms with Crippen molar-refractivity contribution >= 4 is 23.0 Å². The monoisotopic (exact) mass is 361 g/mol. The van der Waals surface area contributed by atoms with Crippen LogP contribution in [0.15, 0.2) is 84.8 Å². The fourth-order valence-corrected chi connectivity index (χ4v) is 3.39. The molecule has 0 unspecified atom stereocenters. The molecule has 0 aliphatic rings. The van der Waals surface area contributed by atoms with E-state index < -0.39 is 0 Å². The molecule has 0 radical (unpaired) electrons. The largest absolute Gasteiger partial charge is 0.330 e. The van der Waals surface area contributed by atoms with Crippen LogP contribution in [0.5, 0.6) is 0 Å². The van der Waals surface area contributed by atoms with Crippen LogP contribution < -0.4 is 0 Å². The molecule has 1 aromatic heterocycles. The van der Waals surface area contributed by atoms with Gasteiger partial charge >= 0.3 is 0 Å². The Morgan fingerprint density at radius 2 is 1.54 bits per heavy atom. The van der Waals surface area contributed by atoms with Crippen molar-refractivity contribution in [1.29, 1.82) is 0 Å². The third-order valence-corrected chi connectivity index (χ3v) is 4.85. The number of ketones is 1. The zero-order chi connectivity index (χ0) is 18.4. The fourth-order valence-electron chi connectivity index (χ4n) is 2.67. The van der Waals surface area contributed by atoms with Crippen molar-refractivity contribution in [3.63, 3.8) is 0 Å². The highest BCUT2D eigenvalue weighted by atomic mass is 32.1. The standard InChI is InChI=1S/C22H19NO2S/c1-2-14-23(16-20-9-6-15-26-20)22(25)19-12-10-18(11-13-19)21(24)17-7-4-3-5-8-17/h2-13,15H,1,14,16H2. The Morgan fingerprint density at radius 1 is 0.885 bits per heavy atom. The average Bonchev–Trinajstić information content (AvgIpc) is 3.20. The molecule has 130 valence electrons. The number of amides is 1. The molecule has 0 aliphatic carbocycles. The van der Waals surface area contributed by atoms with Gasteiger partial charge in [-0.2, -0.15) is 0 Å². The summed E-state index contributed by atoms with van der Waals surface area (Å²) < 4.78 is 0. The first-order valence-corrected chi connectivity index (χ1v) is 9.19. The summed E-state index contributed by atoms with van der Waals surface area (Å²) in [6.07, 6.45) is 1.72. The van der Waals surface area contributed by atoms with E-state index in [4.69, 9.17) is 0 Å². The third-order valence-electron chi connectivity index (χ3n) is 3.99. The second-order valence-electron chi connectivity index (χ2n) is 5.83. The molecular weight excluding hydrogens is 342 g/mol. The lowest BCUT2D eigenvalue weighted by Gasteiger charge is -2.20. The smallest absolute Gasteiger partial charge is 0.254 e. The Morgan fingerprint density at radius 3 is 2.15 bits per heavy atom. The zero-order valence-electron chi connectivity index (χ0n) is 14.3. The topological polar surface area (TPSA) is 37.4 Å². The minimum Gasteiger partial charge on any atom is -0.330 e. The minimum absolute atomic E-state index is 0.0499. The molecule has 0 atom stereocenters. The molecular formula is C22H19NO2S. The number of nitrogens with zero attached hydrogens (tertiary/aromatic N) is 1. The maximum absolute atomic E-state index is 12.8. The van der Waals surface area contributed by atoms with Crippen molar-refractivity contribution in [2.75, 3.05) is 6.54 Å². The van der Waals surface area contributed by atoms with Crippen LogP contribution in [-0.4, -0.2) is 23.1 Å². The SMILES string of the molecule is C=CCN(Cc1cccs1)C(=O)c1ccc(C(=O)c2ccccc2)cc1. The van der Waals surface area contributed by atoms with E-state index in [0.717, 1.165) is 4.88 Å². The van der Waals surface area contributed by atoms with Gasteiger partial charge in [0, 0.05) is 28.1 Å². The summed E-state index contributed by atoms with van der Waals surface area (Å²) in [5.41, 5.74) is 1.77. The molecule has 1 amide bonds. The predicted molar refractivity (Wildman–Crippen MR) is 106 cm³/mol. The molecule has 3 aromatic rings. The van der Waals surface area contributed by atoms with Crippen molar-refractivity contribution in [2.45, 2.75) is 6.54 Å². The molecule has 3 rings (SSSR count). The van der Waals surface area contributed by atoms with Gasteiger partial charge in [0.2, 0.25) is 0 Å². The number of thiophene rings is 1. The van der Waals surface area contributed by atoms with Gasteiger partial charge in [-0.25, -0.2) is 0 Å². The van der Waals surface area contributed by atoms with E-state index in [2.05, 4.69) is 6.58 Å². The molecule has 26 heavy (non-hydrogen) atoms. The van der Waals surface area contributed by atoms with Crippen LogP contribution in [0.3, 0.4) is 0 Å². The van der Waals surface area contributed by atoms with Gasteiger partial charge in [0.05, 0.1) is 6.54 Å². The highest BCUT2D eigenvalue weighted by Gasteiger charge is 2.16. The summed E-state index contributed by atoms with van der Waals surface area (Å²) in [7, 11) is 0. The highest BCUT2D eigenvalue weighted by Crippen LogP contribution is 2.16. The van der Waals surface area contributed by atoms with Gasteiger partial charge in [-0.05, 0) is 23.6 Å². The number of benzene rings is 2. The van der Waals surface area contributed by atoms with E-state index in [0.29, 0.717) is 29.8 Å². The van der Waals surface area contributed by atoms with Crippen LogP contribution in [0, 0.1) is 0 Å². The van der Waals surface area contributed by atoms with Crippen LogP contribution in [0.25, 0.3) is 0 Å². The van der Waals surface area contributed by atoms with E-state index in [1.807, 2.05) is 35.7 Å². The van der Waals surface area contributed by atoms with Crippen LogP contribution in [0.4, 0.5) is 0 Å². The molecule has 0 N–H and O–H groups in total. The Labute approximate surface area is 157 Å². The molecule has 4 heteroatoms. The lowest BCUT2D eigenvalue weighted by molar-refractivity contribution is 0.0764. The van der Waals surface area contributed by atoms with E-state index in [-0.39, 0.29) is 11.7 Å². The van der Waals surface area contributed by atoms with E-state index in [1.165, 1.54) is 0 Å². The number of hydrogen-bond acceptors (Lipinski definition) is 3. The highest BCUT2D eigenvalue weighted by molar-refractivity contribution is 7.09. The van der Waals surface area contributed by atoms with Crippen LogP contribution in [0.1, 0.15) is 31.2 Å². The van der Waals surface area contributed by atoms with Gasteiger partial charge in [-0.15, -0.1) is 17.9 Å². The van der Waals surface area contributed by atoms with Gasteiger partial charge in [0.15, 0.2) is 5.78 Å². The van der Waals surface area contributed by atoms with Crippen molar-refractivity contribution in [1.82, 2.24) is 4.90 Å². The predicted octanol–water partition coefficient (Wildman–Crippen LogP) is 4.81. The molecule has 1 heterocycles. The molecule has 3 nitrogen and oxygen atoms in total. The number of hydrogen-bond donors (Lipinski definition) is 0. The molecule has 0 bridgehead atoms. The molecule has 2 aromatic carbocycles. The number of rotatable bonds is 7.